The van der Waals surface area contributed by atoms with Crippen molar-refractivity contribution in [3.8, 4) is 0 Å². The monoisotopic (exact) mass is 941 g/mol. The summed E-state index contributed by atoms with van der Waals surface area (Å²) in [6.07, 6.45) is 80.9. The lowest BCUT2D eigenvalue weighted by Crippen LogP contribution is -2.30. The quantitative estimate of drug-likeness (QED) is 0.0345. The molecule has 0 aromatic carbocycles. The molecule has 0 fully saturated rings. The summed E-state index contributed by atoms with van der Waals surface area (Å²) in [6.45, 7) is 7.55. The maximum atomic E-state index is 12.8. The largest absolute Gasteiger partial charge is 0.462 e. The molecule has 1 atom stereocenters. The van der Waals surface area contributed by atoms with Gasteiger partial charge in [0.25, 0.3) is 0 Å². The first-order valence-corrected chi connectivity index (χ1v) is 28.1. The lowest BCUT2D eigenvalue weighted by atomic mass is 10.0. The summed E-state index contributed by atoms with van der Waals surface area (Å²) in [5.74, 6) is -0.561. The van der Waals surface area contributed by atoms with Crippen molar-refractivity contribution >= 4 is 11.9 Å². The van der Waals surface area contributed by atoms with Gasteiger partial charge in [0.05, 0.1) is 6.61 Å². The van der Waals surface area contributed by atoms with Crippen molar-refractivity contribution in [2.75, 3.05) is 19.8 Å². The zero-order valence-electron chi connectivity index (χ0n) is 44.3. The second-order valence-corrected chi connectivity index (χ2v) is 18.1. The molecule has 0 spiro atoms. The molecule has 0 saturated carbocycles. The lowest BCUT2D eigenvalue weighted by Gasteiger charge is -2.18. The van der Waals surface area contributed by atoms with Gasteiger partial charge in [0.15, 0.2) is 6.10 Å². The highest BCUT2D eigenvalue weighted by atomic mass is 16.6. The Kier molecular flexibility index (Phi) is 54.5. The van der Waals surface area contributed by atoms with Gasteiger partial charge in [-0.15, -0.1) is 0 Å². The van der Waals surface area contributed by atoms with Crippen molar-refractivity contribution in [2.24, 2.45) is 0 Å². The summed E-state index contributed by atoms with van der Waals surface area (Å²) >= 11 is 0. The maximum Gasteiger partial charge on any atom is 0.306 e. The number of ether oxygens (including phenoxy) is 3. The number of carbonyl (C=O) groups excluding carboxylic acids is 2. The van der Waals surface area contributed by atoms with Crippen LogP contribution in [0.1, 0.15) is 239 Å². The molecule has 0 aliphatic rings. The SMILES string of the molecule is CC/C=C\C/C=C\C/C=C\C/C=C\C/C=C\CCCC(=O)O[C@H](COCCCCCCCCCCCCCCCCCC)COC(=O)CC/C=C\C/C=C\C/C=C\C/C=C\C/C=C\CCCCC. The van der Waals surface area contributed by atoms with Gasteiger partial charge in [-0.05, 0) is 96.3 Å². The van der Waals surface area contributed by atoms with Crippen LogP contribution in [0.2, 0.25) is 0 Å². The number of hydrogen-bond acceptors (Lipinski definition) is 5. The number of carbonyl (C=O) groups is 2. The molecule has 0 N–H and O–H groups in total. The van der Waals surface area contributed by atoms with E-state index in [4.69, 9.17) is 14.2 Å². The third kappa shape index (κ3) is 54.9. The van der Waals surface area contributed by atoms with Gasteiger partial charge in [-0.1, -0.05) is 251 Å². The van der Waals surface area contributed by atoms with E-state index in [0.717, 1.165) is 77.0 Å². The highest BCUT2D eigenvalue weighted by Crippen LogP contribution is 2.14. The first-order chi connectivity index (χ1) is 33.6. The summed E-state index contributed by atoms with van der Waals surface area (Å²) in [5.41, 5.74) is 0. The van der Waals surface area contributed by atoms with Crippen LogP contribution in [0.25, 0.3) is 0 Å². The number of hydrogen-bond donors (Lipinski definition) is 0. The van der Waals surface area contributed by atoms with E-state index in [0.29, 0.717) is 32.3 Å². The molecule has 68 heavy (non-hydrogen) atoms. The van der Waals surface area contributed by atoms with E-state index < -0.39 is 6.10 Å². The molecule has 0 radical (unpaired) electrons. The average Bonchev–Trinajstić information content (AvgIpc) is 3.34. The molecule has 0 aliphatic heterocycles. The molecule has 0 aromatic rings. The van der Waals surface area contributed by atoms with Gasteiger partial charge >= 0.3 is 11.9 Å². The number of unbranched alkanes of at least 4 members (excludes halogenated alkanes) is 19. The molecule has 0 aromatic heterocycles. The smallest absolute Gasteiger partial charge is 0.306 e. The third-order valence-electron chi connectivity index (χ3n) is 11.5. The van der Waals surface area contributed by atoms with Gasteiger partial charge in [0.1, 0.15) is 6.61 Å². The molecule has 0 heterocycles. The van der Waals surface area contributed by atoms with Gasteiger partial charge in [-0.3, -0.25) is 9.59 Å². The van der Waals surface area contributed by atoms with E-state index in [1.54, 1.807) is 0 Å². The Labute approximate surface area is 420 Å². The fourth-order valence-corrected chi connectivity index (χ4v) is 7.35. The Hall–Kier alpha value is -3.70. The average molecular weight is 942 g/mol. The zero-order chi connectivity index (χ0) is 49.2. The maximum absolute atomic E-state index is 12.8. The van der Waals surface area contributed by atoms with Crippen molar-refractivity contribution < 1.29 is 23.8 Å². The second kappa shape index (κ2) is 57.6. The molecule has 0 amide bonds. The van der Waals surface area contributed by atoms with Crippen LogP contribution in [-0.4, -0.2) is 37.9 Å². The Balaban J connectivity index is 4.49. The van der Waals surface area contributed by atoms with Crippen LogP contribution in [0.4, 0.5) is 0 Å². The van der Waals surface area contributed by atoms with E-state index in [1.807, 2.05) is 6.08 Å². The Morgan fingerprint density at radius 3 is 1.12 bits per heavy atom. The second-order valence-electron chi connectivity index (χ2n) is 18.1. The number of esters is 2. The van der Waals surface area contributed by atoms with E-state index in [9.17, 15) is 9.59 Å². The Morgan fingerprint density at radius 2 is 0.691 bits per heavy atom. The summed E-state index contributed by atoms with van der Waals surface area (Å²) < 4.78 is 17.3. The van der Waals surface area contributed by atoms with Crippen molar-refractivity contribution in [2.45, 2.75) is 245 Å². The van der Waals surface area contributed by atoms with Crippen LogP contribution in [0.15, 0.2) is 122 Å². The summed E-state index contributed by atoms with van der Waals surface area (Å²) in [4.78, 5) is 25.4. The van der Waals surface area contributed by atoms with Gasteiger partial charge in [0.2, 0.25) is 0 Å². The molecule has 0 aliphatic carbocycles. The molecule has 5 heteroatoms. The van der Waals surface area contributed by atoms with Gasteiger partial charge in [-0.2, -0.15) is 0 Å². The standard InChI is InChI=1S/C63H104O5/c1-4-7-10-13-16-19-22-25-28-31-32-34-35-38-41-44-47-50-53-56-62(64)67-60-61(59-66-58-55-52-49-46-43-40-37-30-27-24-21-18-15-12-9-6-3)68-63(65)57-54-51-48-45-42-39-36-33-29-26-23-20-17-14-11-8-5-2/h8,11,16-17,19-20,25-26,28-29,32,34,36,38-39,41,45,47-48,50,61H,4-7,9-10,12-15,18,21-24,27,30-31,33,35,37,40,42-44,46,49,51-60H2,1-3H3/b11-8-,19-16-,20-17-,28-25-,29-26-,34-32-,39-36-,41-38-,48-45-,50-47-/t61-/m1/s1. The van der Waals surface area contributed by atoms with Crippen molar-refractivity contribution in [3.63, 3.8) is 0 Å². The van der Waals surface area contributed by atoms with E-state index in [1.165, 1.54) is 116 Å². The molecule has 5 nitrogen and oxygen atoms in total. The van der Waals surface area contributed by atoms with Crippen LogP contribution in [0.5, 0.6) is 0 Å². The fourth-order valence-electron chi connectivity index (χ4n) is 7.35. The molecular formula is C63H104O5. The normalized spacial score (nSPS) is 13.2. The molecule has 386 valence electrons. The van der Waals surface area contributed by atoms with Crippen molar-refractivity contribution in [1.82, 2.24) is 0 Å². The van der Waals surface area contributed by atoms with E-state index in [-0.39, 0.29) is 25.2 Å². The molecule has 0 saturated heterocycles. The first-order valence-electron chi connectivity index (χ1n) is 28.1. The summed E-state index contributed by atoms with van der Waals surface area (Å²) in [5, 5.41) is 0. The fraction of sp³-hybridized carbons (Fsp3) is 0.651. The topological polar surface area (TPSA) is 61.8 Å². The minimum atomic E-state index is -0.603. The highest BCUT2D eigenvalue weighted by molar-refractivity contribution is 5.70. The predicted octanol–water partition coefficient (Wildman–Crippen LogP) is 19.3. The third-order valence-corrected chi connectivity index (χ3v) is 11.5. The molecule has 0 bridgehead atoms. The van der Waals surface area contributed by atoms with Gasteiger partial charge < -0.3 is 14.2 Å². The zero-order valence-corrected chi connectivity index (χ0v) is 44.3. The van der Waals surface area contributed by atoms with E-state index >= 15 is 0 Å². The van der Waals surface area contributed by atoms with E-state index in [2.05, 4.69) is 136 Å². The van der Waals surface area contributed by atoms with Gasteiger partial charge in [-0.25, -0.2) is 0 Å². The summed E-state index contributed by atoms with van der Waals surface area (Å²) in [6, 6.07) is 0. The number of allylic oxidation sites excluding steroid dienone is 20. The van der Waals surface area contributed by atoms with Gasteiger partial charge in [0, 0.05) is 19.4 Å². The van der Waals surface area contributed by atoms with Crippen LogP contribution in [0, 0.1) is 0 Å². The minimum absolute atomic E-state index is 0.0181. The van der Waals surface area contributed by atoms with Crippen LogP contribution >= 0.6 is 0 Å². The van der Waals surface area contributed by atoms with Crippen LogP contribution < -0.4 is 0 Å². The molecular weight excluding hydrogens is 837 g/mol. The minimum Gasteiger partial charge on any atom is -0.462 e. The Morgan fingerprint density at radius 1 is 0.338 bits per heavy atom. The van der Waals surface area contributed by atoms with Crippen LogP contribution in [0.3, 0.4) is 0 Å². The molecule has 0 unspecified atom stereocenters. The van der Waals surface area contributed by atoms with Crippen molar-refractivity contribution in [3.05, 3.63) is 122 Å². The number of rotatable bonds is 50. The van der Waals surface area contributed by atoms with Crippen molar-refractivity contribution in [1.29, 1.82) is 0 Å². The highest BCUT2D eigenvalue weighted by Gasteiger charge is 2.17. The van der Waals surface area contributed by atoms with Crippen LogP contribution in [-0.2, 0) is 23.8 Å². The molecule has 0 rings (SSSR count). The summed E-state index contributed by atoms with van der Waals surface area (Å²) in [7, 11) is 0. The predicted molar refractivity (Wildman–Crippen MR) is 297 cm³/mol. The first kappa shape index (κ1) is 64.3. The lowest BCUT2D eigenvalue weighted by molar-refractivity contribution is -0.162. The Bertz CT molecular complexity index is 1390.